The normalized spacial score (nSPS) is 12.2. The third-order valence-corrected chi connectivity index (χ3v) is 3.98. The van der Waals surface area contributed by atoms with Gasteiger partial charge in [0.15, 0.2) is 0 Å². The van der Waals surface area contributed by atoms with Crippen molar-refractivity contribution >= 4 is 15.9 Å². The molecule has 4 heteroatoms. The molecule has 0 amide bonds. The highest BCUT2D eigenvalue weighted by atomic mass is 79.9. The first-order chi connectivity index (χ1) is 10.1. The van der Waals surface area contributed by atoms with Crippen LogP contribution in [0, 0.1) is 12.7 Å². The summed E-state index contributed by atoms with van der Waals surface area (Å²) in [6, 6.07) is 11.1. The van der Waals surface area contributed by atoms with Gasteiger partial charge in [-0.25, -0.2) is 4.39 Å². The zero-order valence-electron chi connectivity index (χ0n) is 12.4. The van der Waals surface area contributed by atoms with Crippen LogP contribution in [-0.4, -0.2) is 13.7 Å². The average molecular weight is 352 g/mol. The monoisotopic (exact) mass is 351 g/mol. The van der Waals surface area contributed by atoms with Crippen molar-refractivity contribution in [2.45, 2.75) is 19.9 Å². The van der Waals surface area contributed by atoms with Crippen LogP contribution in [0.3, 0.4) is 0 Å². The predicted molar refractivity (Wildman–Crippen MR) is 87.4 cm³/mol. The number of hydrogen-bond acceptors (Lipinski definition) is 2. The second kappa shape index (κ2) is 7.05. The van der Waals surface area contributed by atoms with E-state index in [1.807, 2.05) is 39.1 Å². The first kappa shape index (κ1) is 16.0. The Bertz CT molecular complexity index is 630. The molecule has 21 heavy (non-hydrogen) atoms. The van der Waals surface area contributed by atoms with Crippen molar-refractivity contribution < 1.29 is 9.13 Å². The lowest BCUT2D eigenvalue weighted by Gasteiger charge is -2.21. The van der Waals surface area contributed by atoms with Crippen molar-refractivity contribution in [3.63, 3.8) is 0 Å². The Morgan fingerprint density at radius 2 is 2.00 bits per heavy atom. The van der Waals surface area contributed by atoms with Crippen LogP contribution >= 0.6 is 15.9 Å². The third kappa shape index (κ3) is 3.63. The Morgan fingerprint density at radius 3 is 2.62 bits per heavy atom. The Morgan fingerprint density at radius 1 is 1.24 bits per heavy atom. The SMILES string of the molecule is CCOc1ccc(C)cc1C(NC)c1ccc(Br)c(F)c1. The van der Waals surface area contributed by atoms with Crippen molar-refractivity contribution in [2.24, 2.45) is 0 Å². The fourth-order valence-electron chi connectivity index (χ4n) is 2.37. The van der Waals surface area contributed by atoms with E-state index in [1.54, 1.807) is 12.1 Å². The molecule has 0 heterocycles. The molecule has 1 unspecified atom stereocenters. The van der Waals surface area contributed by atoms with Crippen LogP contribution in [0.5, 0.6) is 5.75 Å². The topological polar surface area (TPSA) is 21.3 Å². The minimum Gasteiger partial charge on any atom is -0.494 e. The maximum atomic E-state index is 13.8. The highest BCUT2D eigenvalue weighted by Gasteiger charge is 2.18. The van der Waals surface area contributed by atoms with Gasteiger partial charge in [-0.1, -0.05) is 23.8 Å². The van der Waals surface area contributed by atoms with Gasteiger partial charge in [0.2, 0.25) is 0 Å². The molecule has 2 aromatic carbocycles. The van der Waals surface area contributed by atoms with Gasteiger partial charge in [-0.15, -0.1) is 0 Å². The molecule has 2 rings (SSSR count). The molecule has 0 saturated carbocycles. The maximum Gasteiger partial charge on any atom is 0.137 e. The number of nitrogens with one attached hydrogen (secondary N) is 1. The smallest absolute Gasteiger partial charge is 0.137 e. The van der Waals surface area contributed by atoms with Crippen LogP contribution in [0.1, 0.15) is 29.7 Å². The Labute approximate surface area is 133 Å². The van der Waals surface area contributed by atoms with E-state index in [1.165, 1.54) is 0 Å². The molecule has 1 N–H and O–H groups in total. The number of benzene rings is 2. The number of hydrogen-bond donors (Lipinski definition) is 1. The van der Waals surface area contributed by atoms with Crippen molar-refractivity contribution in [3.8, 4) is 5.75 Å². The molecule has 0 aliphatic heterocycles. The maximum absolute atomic E-state index is 13.8. The molecule has 0 bridgehead atoms. The van der Waals surface area contributed by atoms with Crippen LogP contribution in [0.2, 0.25) is 0 Å². The van der Waals surface area contributed by atoms with E-state index in [4.69, 9.17) is 4.74 Å². The summed E-state index contributed by atoms with van der Waals surface area (Å²) in [5.74, 6) is 0.559. The number of rotatable bonds is 5. The lowest BCUT2D eigenvalue weighted by Crippen LogP contribution is -2.19. The zero-order chi connectivity index (χ0) is 15.4. The van der Waals surface area contributed by atoms with Gasteiger partial charge in [-0.2, -0.15) is 0 Å². The van der Waals surface area contributed by atoms with Crippen LogP contribution in [0.4, 0.5) is 4.39 Å². The highest BCUT2D eigenvalue weighted by molar-refractivity contribution is 9.10. The molecule has 0 saturated heterocycles. The van der Waals surface area contributed by atoms with E-state index in [-0.39, 0.29) is 11.9 Å². The zero-order valence-corrected chi connectivity index (χ0v) is 14.0. The average Bonchev–Trinajstić information content (AvgIpc) is 2.46. The molecule has 2 nitrogen and oxygen atoms in total. The molecule has 0 aliphatic carbocycles. The van der Waals surface area contributed by atoms with Crippen molar-refractivity contribution in [1.82, 2.24) is 5.32 Å². The van der Waals surface area contributed by atoms with Crippen LogP contribution in [-0.2, 0) is 0 Å². The number of aryl methyl sites for hydroxylation is 1. The molecule has 112 valence electrons. The summed E-state index contributed by atoms with van der Waals surface area (Å²) in [6.07, 6.45) is 0. The van der Waals surface area contributed by atoms with E-state index < -0.39 is 0 Å². The summed E-state index contributed by atoms with van der Waals surface area (Å²) in [7, 11) is 1.86. The van der Waals surface area contributed by atoms with Crippen molar-refractivity contribution in [3.05, 3.63) is 63.4 Å². The lowest BCUT2D eigenvalue weighted by atomic mass is 9.96. The first-order valence-electron chi connectivity index (χ1n) is 6.92. The minimum atomic E-state index is -0.265. The lowest BCUT2D eigenvalue weighted by molar-refractivity contribution is 0.334. The second-order valence-corrected chi connectivity index (χ2v) is 5.72. The fourth-order valence-corrected chi connectivity index (χ4v) is 2.62. The molecule has 0 aromatic heterocycles. The van der Waals surface area contributed by atoms with Gasteiger partial charge in [0.25, 0.3) is 0 Å². The van der Waals surface area contributed by atoms with Crippen molar-refractivity contribution in [1.29, 1.82) is 0 Å². The summed E-state index contributed by atoms with van der Waals surface area (Å²) < 4.78 is 20.0. The van der Waals surface area contributed by atoms with Gasteiger partial charge < -0.3 is 10.1 Å². The predicted octanol–water partition coefficient (Wildman–Crippen LogP) is 4.60. The van der Waals surface area contributed by atoms with E-state index in [0.717, 1.165) is 22.4 Å². The number of halogens is 2. The van der Waals surface area contributed by atoms with Crippen LogP contribution < -0.4 is 10.1 Å². The fraction of sp³-hybridized carbons (Fsp3) is 0.294. The summed E-state index contributed by atoms with van der Waals surface area (Å²) >= 11 is 3.19. The van der Waals surface area contributed by atoms with E-state index in [0.29, 0.717) is 11.1 Å². The largest absolute Gasteiger partial charge is 0.494 e. The van der Waals surface area contributed by atoms with E-state index in [9.17, 15) is 4.39 Å². The number of ether oxygens (including phenoxy) is 1. The molecular formula is C17H19BrFNO. The first-order valence-corrected chi connectivity index (χ1v) is 7.71. The van der Waals surface area contributed by atoms with Gasteiger partial charge in [0.05, 0.1) is 17.1 Å². The summed E-state index contributed by atoms with van der Waals surface area (Å²) in [5, 5.41) is 3.25. The minimum absolute atomic E-state index is 0.117. The van der Waals surface area contributed by atoms with Gasteiger partial charge >= 0.3 is 0 Å². The van der Waals surface area contributed by atoms with Gasteiger partial charge in [-0.3, -0.25) is 0 Å². The Kier molecular flexibility index (Phi) is 5.37. The molecular weight excluding hydrogens is 333 g/mol. The molecule has 0 fully saturated rings. The quantitative estimate of drug-likeness (QED) is 0.849. The second-order valence-electron chi connectivity index (χ2n) is 4.87. The highest BCUT2D eigenvalue weighted by Crippen LogP contribution is 2.32. The van der Waals surface area contributed by atoms with Gasteiger partial charge in [0.1, 0.15) is 11.6 Å². The Hall–Kier alpha value is -1.39. The van der Waals surface area contributed by atoms with E-state index >= 15 is 0 Å². The van der Waals surface area contributed by atoms with Gasteiger partial charge in [0, 0.05) is 5.56 Å². The van der Waals surface area contributed by atoms with Crippen LogP contribution in [0.25, 0.3) is 0 Å². The van der Waals surface area contributed by atoms with Crippen LogP contribution in [0.15, 0.2) is 40.9 Å². The molecule has 0 spiro atoms. The summed E-state index contributed by atoms with van der Waals surface area (Å²) in [4.78, 5) is 0. The molecule has 2 aromatic rings. The molecule has 0 radical (unpaired) electrons. The van der Waals surface area contributed by atoms with E-state index in [2.05, 4.69) is 27.3 Å². The molecule has 0 aliphatic rings. The third-order valence-electron chi connectivity index (χ3n) is 3.34. The standard InChI is InChI=1S/C17H19BrFNO/c1-4-21-16-8-5-11(2)9-13(16)17(20-3)12-6-7-14(18)15(19)10-12/h5-10,17,20H,4H2,1-3H3. The van der Waals surface area contributed by atoms with Gasteiger partial charge in [-0.05, 0) is 60.6 Å². The van der Waals surface area contributed by atoms with Crippen molar-refractivity contribution in [2.75, 3.05) is 13.7 Å². The molecule has 1 atom stereocenters. The Balaban J connectivity index is 2.49. The summed E-state index contributed by atoms with van der Waals surface area (Å²) in [5.41, 5.74) is 3.03. The summed E-state index contributed by atoms with van der Waals surface area (Å²) in [6.45, 7) is 4.59.